The van der Waals surface area contributed by atoms with Crippen LogP contribution in [0.15, 0.2) is 46.9 Å². The predicted octanol–water partition coefficient (Wildman–Crippen LogP) is 4.79. The summed E-state index contributed by atoms with van der Waals surface area (Å²) >= 11 is 9.35. The Morgan fingerprint density at radius 2 is 1.72 bits per heavy atom. The zero-order valence-electron chi connectivity index (χ0n) is 21.1. The predicted molar refractivity (Wildman–Crippen MR) is 142 cm³/mol. The molecule has 0 spiro atoms. The van der Waals surface area contributed by atoms with E-state index in [-0.39, 0.29) is 23.0 Å². The molecule has 0 bridgehead atoms. The van der Waals surface area contributed by atoms with Crippen molar-refractivity contribution < 1.29 is 24.2 Å². The third-order valence-corrected chi connectivity index (χ3v) is 7.59. The number of hydrogen-bond acceptors (Lipinski definition) is 5. The molecule has 2 amide bonds. The summed E-state index contributed by atoms with van der Waals surface area (Å²) in [4.78, 5) is 40.4. The molecule has 2 aromatic carbocycles. The number of aliphatic hydroxyl groups is 1. The molecular formula is C27H32BrClN2O5. The molecule has 9 heteroatoms. The van der Waals surface area contributed by atoms with Crippen LogP contribution in [0.25, 0.3) is 0 Å². The van der Waals surface area contributed by atoms with Gasteiger partial charge in [0.1, 0.15) is 6.04 Å². The third kappa shape index (κ3) is 5.76. The first-order valence-electron chi connectivity index (χ1n) is 11.8. The van der Waals surface area contributed by atoms with Gasteiger partial charge in [0, 0.05) is 33.6 Å². The molecule has 0 aromatic heterocycles. The van der Waals surface area contributed by atoms with Gasteiger partial charge in [-0.1, -0.05) is 67.4 Å². The molecule has 2 atom stereocenters. The SMILES string of the molecule is COC(=O)c1cc(Br)cc(C(=O)NC(C(=O)N2CCC(O)(c3ccc(Cl)cc3)C(C)(C)C2)C(C)C)c1. The summed E-state index contributed by atoms with van der Waals surface area (Å²) in [6.07, 6.45) is 0.347. The first-order valence-corrected chi connectivity index (χ1v) is 12.9. The minimum Gasteiger partial charge on any atom is -0.465 e. The standard InChI is InChI=1S/C27H32BrClN2O5/c1-16(2)22(30-23(32)17-12-18(25(34)36-5)14-20(28)13-17)24(33)31-11-10-27(35,26(3,4)15-31)19-6-8-21(29)9-7-19/h6-9,12-14,16,22,35H,10-11,15H2,1-5H3,(H,30,32). The maximum Gasteiger partial charge on any atom is 0.337 e. The number of benzene rings is 2. The maximum absolute atomic E-state index is 13.6. The Hall–Kier alpha value is -2.42. The molecule has 1 fully saturated rings. The summed E-state index contributed by atoms with van der Waals surface area (Å²) in [6, 6.07) is 10.9. The van der Waals surface area contributed by atoms with Crippen LogP contribution in [-0.2, 0) is 15.1 Å². The lowest BCUT2D eigenvalue weighted by Crippen LogP contribution is -2.60. The van der Waals surface area contributed by atoms with E-state index in [2.05, 4.69) is 21.2 Å². The molecule has 1 saturated heterocycles. The normalized spacial score (nSPS) is 20.1. The van der Waals surface area contributed by atoms with Crippen LogP contribution in [0.4, 0.5) is 0 Å². The van der Waals surface area contributed by atoms with Crippen molar-refractivity contribution in [3.63, 3.8) is 0 Å². The number of ether oxygens (including phenoxy) is 1. The molecule has 2 N–H and O–H groups in total. The van der Waals surface area contributed by atoms with Gasteiger partial charge in [0.15, 0.2) is 0 Å². The van der Waals surface area contributed by atoms with E-state index in [1.54, 1.807) is 29.2 Å². The van der Waals surface area contributed by atoms with Gasteiger partial charge in [-0.3, -0.25) is 9.59 Å². The molecule has 0 saturated carbocycles. The van der Waals surface area contributed by atoms with E-state index in [0.29, 0.717) is 29.0 Å². The van der Waals surface area contributed by atoms with Crippen LogP contribution in [0.3, 0.4) is 0 Å². The average molecular weight is 580 g/mol. The molecule has 2 unspecified atom stereocenters. The van der Waals surface area contributed by atoms with Crippen LogP contribution in [0.5, 0.6) is 0 Å². The number of likely N-dealkylation sites (tertiary alicyclic amines) is 1. The van der Waals surface area contributed by atoms with Crippen LogP contribution in [0.2, 0.25) is 5.02 Å². The minimum absolute atomic E-state index is 0.186. The van der Waals surface area contributed by atoms with Crippen molar-refractivity contribution in [2.45, 2.75) is 45.8 Å². The number of carbonyl (C=O) groups is 3. The molecular weight excluding hydrogens is 548 g/mol. The Kier molecular flexibility index (Phi) is 8.53. The molecule has 3 rings (SSSR count). The second kappa shape index (κ2) is 10.9. The zero-order valence-corrected chi connectivity index (χ0v) is 23.4. The average Bonchev–Trinajstić information content (AvgIpc) is 2.82. The topological polar surface area (TPSA) is 95.9 Å². The number of esters is 1. The van der Waals surface area contributed by atoms with Crippen LogP contribution < -0.4 is 5.32 Å². The summed E-state index contributed by atoms with van der Waals surface area (Å²) in [5.74, 6) is -1.44. The van der Waals surface area contributed by atoms with Gasteiger partial charge in [-0.25, -0.2) is 4.79 Å². The maximum atomic E-state index is 13.6. The third-order valence-electron chi connectivity index (χ3n) is 6.88. The summed E-state index contributed by atoms with van der Waals surface area (Å²) in [5, 5.41) is 15.1. The molecule has 2 aromatic rings. The fraction of sp³-hybridized carbons (Fsp3) is 0.444. The van der Waals surface area contributed by atoms with Gasteiger partial charge in [-0.05, 0) is 48.2 Å². The number of carbonyl (C=O) groups excluding carboxylic acids is 3. The Morgan fingerprint density at radius 1 is 1.11 bits per heavy atom. The fourth-order valence-corrected chi connectivity index (χ4v) is 5.28. The molecule has 194 valence electrons. The van der Waals surface area contributed by atoms with Crippen LogP contribution in [0.1, 0.15) is 60.4 Å². The molecule has 1 heterocycles. The highest BCUT2D eigenvalue weighted by atomic mass is 79.9. The van der Waals surface area contributed by atoms with E-state index in [1.165, 1.54) is 13.2 Å². The van der Waals surface area contributed by atoms with Gasteiger partial charge >= 0.3 is 5.97 Å². The highest BCUT2D eigenvalue weighted by molar-refractivity contribution is 9.10. The van der Waals surface area contributed by atoms with Crippen molar-refractivity contribution >= 4 is 45.3 Å². The van der Waals surface area contributed by atoms with Crippen LogP contribution in [-0.4, -0.2) is 54.0 Å². The monoisotopic (exact) mass is 578 g/mol. The Morgan fingerprint density at radius 3 is 2.28 bits per heavy atom. The van der Waals surface area contributed by atoms with Gasteiger partial charge in [0.05, 0.1) is 18.3 Å². The van der Waals surface area contributed by atoms with Gasteiger partial charge in [-0.2, -0.15) is 0 Å². The summed E-state index contributed by atoms with van der Waals surface area (Å²) in [5.41, 5.74) is -0.567. The molecule has 0 aliphatic carbocycles. The zero-order chi connectivity index (χ0) is 26.8. The van der Waals surface area contributed by atoms with Crippen molar-refractivity contribution in [3.05, 3.63) is 68.7 Å². The Bertz CT molecular complexity index is 1150. The van der Waals surface area contributed by atoms with E-state index in [4.69, 9.17) is 16.3 Å². The largest absolute Gasteiger partial charge is 0.465 e. The number of halogens is 2. The van der Waals surface area contributed by atoms with Crippen LogP contribution in [0, 0.1) is 11.3 Å². The quantitative estimate of drug-likeness (QED) is 0.480. The van der Waals surface area contributed by atoms with Gasteiger partial charge in [0.25, 0.3) is 5.91 Å². The number of piperidine rings is 1. The number of nitrogens with zero attached hydrogens (tertiary/aromatic N) is 1. The number of rotatable bonds is 6. The van der Waals surface area contributed by atoms with Gasteiger partial charge in [0.2, 0.25) is 5.91 Å². The number of amides is 2. The van der Waals surface area contributed by atoms with Crippen molar-refractivity contribution in [1.29, 1.82) is 0 Å². The van der Waals surface area contributed by atoms with E-state index < -0.39 is 28.9 Å². The van der Waals surface area contributed by atoms with Crippen molar-refractivity contribution in [3.8, 4) is 0 Å². The van der Waals surface area contributed by atoms with Crippen molar-refractivity contribution in [2.75, 3.05) is 20.2 Å². The van der Waals surface area contributed by atoms with Crippen LogP contribution >= 0.6 is 27.5 Å². The lowest BCUT2D eigenvalue weighted by molar-refractivity contribution is -0.155. The number of nitrogens with one attached hydrogen (secondary N) is 1. The lowest BCUT2D eigenvalue weighted by atomic mass is 9.66. The molecule has 7 nitrogen and oxygen atoms in total. The highest BCUT2D eigenvalue weighted by Crippen LogP contribution is 2.46. The van der Waals surface area contributed by atoms with E-state index in [1.807, 2.05) is 39.8 Å². The molecule has 36 heavy (non-hydrogen) atoms. The Labute approximate surface area is 225 Å². The molecule has 0 radical (unpaired) electrons. The van der Waals surface area contributed by atoms with E-state index in [9.17, 15) is 19.5 Å². The lowest BCUT2D eigenvalue weighted by Gasteiger charge is -2.51. The Balaban J connectivity index is 1.79. The summed E-state index contributed by atoms with van der Waals surface area (Å²) in [7, 11) is 1.27. The van der Waals surface area contributed by atoms with Gasteiger partial charge < -0.3 is 20.1 Å². The van der Waals surface area contributed by atoms with E-state index >= 15 is 0 Å². The second-order valence-electron chi connectivity index (χ2n) is 10.2. The second-order valence-corrected chi connectivity index (χ2v) is 11.5. The minimum atomic E-state index is -1.13. The van der Waals surface area contributed by atoms with Crippen molar-refractivity contribution in [1.82, 2.24) is 10.2 Å². The molecule has 1 aliphatic heterocycles. The number of methoxy groups -OCH3 is 1. The first kappa shape index (κ1) is 28.2. The summed E-state index contributed by atoms with van der Waals surface area (Å²) < 4.78 is 5.30. The highest BCUT2D eigenvalue weighted by Gasteiger charge is 2.50. The van der Waals surface area contributed by atoms with E-state index in [0.717, 1.165) is 5.56 Å². The van der Waals surface area contributed by atoms with Gasteiger partial charge in [-0.15, -0.1) is 0 Å². The summed E-state index contributed by atoms with van der Waals surface area (Å²) in [6.45, 7) is 8.24. The smallest absolute Gasteiger partial charge is 0.337 e. The molecule has 1 aliphatic rings. The first-order chi connectivity index (χ1) is 16.8. The number of hydrogen-bond donors (Lipinski definition) is 2. The van der Waals surface area contributed by atoms with Crippen molar-refractivity contribution in [2.24, 2.45) is 11.3 Å². The fourth-order valence-electron chi connectivity index (χ4n) is 4.66.